The molecule has 0 saturated carbocycles. The van der Waals surface area contributed by atoms with Gasteiger partial charge in [-0.1, -0.05) is 6.92 Å². The second-order valence-corrected chi connectivity index (χ2v) is 4.25. The number of primary amides is 1. The number of hydrogen-bond donors (Lipinski definition) is 3. The topological polar surface area (TPSA) is 107 Å². The van der Waals surface area contributed by atoms with Crippen molar-refractivity contribution >= 4 is 17.5 Å². The molecule has 1 aromatic rings. The lowest BCUT2D eigenvalue weighted by molar-refractivity contribution is -0.119. The largest absolute Gasteiger partial charge is 0.495 e. The van der Waals surface area contributed by atoms with Crippen molar-refractivity contribution in [1.29, 1.82) is 0 Å². The van der Waals surface area contributed by atoms with Gasteiger partial charge < -0.3 is 21.5 Å². The van der Waals surface area contributed by atoms with Crippen LogP contribution in [0.4, 0.5) is 5.69 Å². The summed E-state index contributed by atoms with van der Waals surface area (Å²) in [5, 5.41) is 2.71. The number of ether oxygens (including phenoxy) is 1. The molecule has 6 nitrogen and oxygen atoms in total. The van der Waals surface area contributed by atoms with Crippen molar-refractivity contribution < 1.29 is 14.3 Å². The van der Waals surface area contributed by atoms with E-state index in [0.717, 1.165) is 0 Å². The molecule has 1 aromatic carbocycles. The molecule has 1 unspecified atom stereocenters. The summed E-state index contributed by atoms with van der Waals surface area (Å²) in [7, 11) is 1.48. The highest BCUT2D eigenvalue weighted by Crippen LogP contribution is 2.26. The SMILES string of the molecule is COc1ccc(C(N)=O)cc1NC(=O)C(C)CCN. The Balaban J connectivity index is 2.94. The molecule has 6 heteroatoms. The highest BCUT2D eigenvalue weighted by molar-refractivity contribution is 5.98. The number of rotatable bonds is 6. The predicted octanol–water partition coefficient (Wildman–Crippen LogP) is 0.717. The van der Waals surface area contributed by atoms with Crippen LogP contribution in [-0.2, 0) is 4.79 Å². The van der Waals surface area contributed by atoms with E-state index in [-0.39, 0.29) is 11.8 Å². The van der Waals surface area contributed by atoms with E-state index in [1.54, 1.807) is 19.1 Å². The third-order valence-electron chi connectivity index (χ3n) is 2.79. The maximum absolute atomic E-state index is 11.9. The van der Waals surface area contributed by atoms with Gasteiger partial charge in [0, 0.05) is 11.5 Å². The molecule has 1 rings (SSSR count). The van der Waals surface area contributed by atoms with Gasteiger partial charge in [-0.2, -0.15) is 0 Å². The van der Waals surface area contributed by atoms with Crippen LogP contribution in [0.5, 0.6) is 5.75 Å². The molecule has 0 aliphatic carbocycles. The van der Waals surface area contributed by atoms with Crippen molar-refractivity contribution in [2.75, 3.05) is 19.0 Å². The average Bonchev–Trinajstić information content (AvgIpc) is 2.38. The fourth-order valence-corrected chi connectivity index (χ4v) is 1.60. The number of carbonyl (C=O) groups is 2. The van der Waals surface area contributed by atoms with E-state index < -0.39 is 5.91 Å². The minimum absolute atomic E-state index is 0.176. The first-order valence-electron chi connectivity index (χ1n) is 5.98. The molecular weight excluding hydrogens is 246 g/mol. The molecule has 0 bridgehead atoms. The molecule has 0 saturated heterocycles. The van der Waals surface area contributed by atoms with E-state index in [2.05, 4.69) is 5.32 Å². The van der Waals surface area contributed by atoms with Gasteiger partial charge in [0.1, 0.15) is 5.75 Å². The quantitative estimate of drug-likeness (QED) is 0.704. The summed E-state index contributed by atoms with van der Waals surface area (Å²) in [5.41, 5.74) is 11.3. The Morgan fingerprint density at radius 3 is 2.63 bits per heavy atom. The second kappa shape index (κ2) is 6.75. The van der Waals surface area contributed by atoms with Gasteiger partial charge in [-0.3, -0.25) is 9.59 Å². The summed E-state index contributed by atoms with van der Waals surface area (Å²) in [6, 6.07) is 4.62. The zero-order chi connectivity index (χ0) is 14.4. The van der Waals surface area contributed by atoms with Gasteiger partial charge in [-0.15, -0.1) is 0 Å². The molecule has 19 heavy (non-hydrogen) atoms. The van der Waals surface area contributed by atoms with Gasteiger partial charge in [0.25, 0.3) is 0 Å². The number of carbonyl (C=O) groups excluding carboxylic acids is 2. The standard InChI is InChI=1S/C13H19N3O3/c1-8(5-6-14)13(18)16-10-7-9(12(15)17)3-4-11(10)19-2/h3-4,7-8H,5-6,14H2,1-2H3,(H2,15,17)(H,16,18). The average molecular weight is 265 g/mol. The fraction of sp³-hybridized carbons (Fsp3) is 0.385. The van der Waals surface area contributed by atoms with Crippen molar-refractivity contribution in [3.63, 3.8) is 0 Å². The van der Waals surface area contributed by atoms with Crippen LogP contribution in [-0.4, -0.2) is 25.5 Å². The second-order valence-electron chi connectivity index (χ2n) is 4.25. The number of nitrogens with one attached hydrogen (secondary N) is 1. The van der Waals surface area contributed by atoms with Crippen LogP contribution in [0.1, 0.15) is 23.7 Å². The van der Waals surface area contributed by atoms with Crippen LogP contribution in [0, 0.1) is 5.92 Å². The minimum Gasteiger partial charge on any atom is -0.495 e. The zero-order valence-electron chi connectivity index (χ0n) is 11.1. The van der Waals surface area contributed by atoms with Gasteiger partial charge in [0.2, 0.25) is 11.8 Å². The summed E-state index contributed by atoms with van der Waals surface area (Å²) in [5.74, 6) is -0.483. The summed E-state index contributed by atoms with van der Waals surface area (Å²) in [6.07, 6.45) is 0.587. The molecular formula is C13H19N3O3. The first kappa shape index (κ1) is 15.0. The van der Waals surface area contributed by atoms with E-state index in [1.165, 1.54) is 13.2 Å². The van der Waals surface area contributed by atoms with Crippen LogP contribution >= 0.6 is 0 Å². The minimum atomic E-state index is -0.562. The molecule has 1 atom stereocenters. The van der Waals surface area contributed by atoms with Gasteiger partial charge in [0.05, 0.1) is 12.8 Å². The Morgan fingerprint density at radius 1 is 1.42 bits per heavy atom. The van der Waals surface area contributed by atoms with E-state index in [1.807, 2.05) is 0 Å². The lowest BCUT2D eigenvalue weighted by Gasteiger charge is -2.14. The molecule has 0 radical (unpaired) electrons. The Labute approximate surface area is 112 Å². The zero-order valence-corrected chi connectivity index (χ0v) is 11.1. The fourth-order valence-electron chi connectivity index (χ4n) is 1.60. The molecule has 5 N–H and O–H groups in total. The Kier molecular flexibility index (Phi) is 5.32. The van der Waals surface area contributed by atoms with E-state index >= 15 is 0 Å². The maximum Gasteiger partial charge on any atom is 0.248 e. The highest BCUT2D eigenvalue weighted by atomic mass is 16.5. The molecule has 0 aliphatic heterocycles. The summed E-state index contributed by atoms with van der Waals surface area (Å²) < 4.78 is 5.13. The summed E-state index contributed by atoms with van der Waals surface area (Å²) in [4.78, 5) is 23.0. The van der Waals surface area contributed by atoms with E-state index in [9.17, 15) is 9.59 Å². The van der Waals surface area contributed by atoms with E-state index in [0.29, 0.717) is 30.0 Å². The van der Waals surface area contributed by atoms with Crippen molar-refractivity contribution in [3.8, 4) is 5.75 Å². The first-order chi connectivity index (χ1) is 8.99. The van der Waals surface area contributed by atoms with Crippen molar-refractivity contribution in [2.45, 2.75) is 13.3 Å². The molecule has 2 amide bonds. The Bertz CT molecular complexity index is 474. The van der Waals surface area contributed by atoms with Gasteiger partial charge in [-0.05, 0) is 31.2 Å². The van der Waals surface area contributed by atoms with Gasteiger partial charge >= 0.3 is 0 Å². The number of anilines is 1. The monoisotopic (exact) mass is 265 g/mol. The Morgan fingerprint density at radius 2 is 2.11 bits per heavy atom. The molecule has 0 aliphatic rings. The maximum atomic E-state index is 11.9. The Hall–Kier alpha value is -2.08. The van der Waals surface area contributed by atoms with Crippen LogP contribution in [0.25, 0.3) is 0 Å². The number of nitrogens with two attached hydrogens (primary N) is 2. The third kappa shape index (κ3) is 3.96. The molecule has 0 spiro atoms. The lowest BCUT2D eigenvalue weighted by Crippen LogP contribution is -2.23. The lowest BCUT2D eigenvalue weighted by atomic mass is 10.1. The number of hydrogen-bond acceptors (Lipinski definition) is 4. The summed E-state index contributed by atoms with van der Waals surface area (Å²) in [6.45, 7) is 2.22. The van der Waals surface area contributed by atoms with Crippen LogP contribution in [0.15, 0.2) is 18.2 Å². The number of methoxy groups -OCH3 is 1. The molecule has 104 valence electrons. The highest BCUT2D eigenvalue weighted by Gasteiger charge is 2.15. The van der Waals surface area contributed by atoms with Crippen LogP contribution in [0.2, 0.25) is 0 Å². The number of benzene rings is 1. The van der Waals surface area contributed by atoms with Crippen molar-refractivity contribution in [2.24, 2.45) is 17.4 Å². The van der Waals surface area contributed by atoms with Crippen LogP contribution < -0.4 is 21.5 Å². The van der Waals surface area contributed by atoms with Crippen LogP contribution in [0.3, 0.4) is 0 Å². The third-order valence-corrected chi connectivity index (χ3v) is 2.79. The smallest absolute Gasteiger partial charge is 0.248 e. The van der Waals surface area contributed by atoms with Crippen molar-refractivity contribution in [1.82, 2.24) is 0 Å². The first-order valence-corrected chi connectivity index (χ1v) is 5.98. The predicted molar refractivity (Wildman–Crippen MR) is 73.0 cm³/mol. The van der Waals surface area contributed by atoms with Gasteiger partial charge in [0.15, 0.2) is 0 Å². The van der Waals surface area contributed by atoms with Crippen molar-refractivity contribution in [3.05, 3.63) is 23.8 Å². The van der Waals surface area contributed by atoms with Gasteiger partial charge in [-0.25, -0.2) is 0 Å². The number of amides is 2. The molecule has 0 fully saturated rings. The molecule has 0 heterocycles. The molecule has 0 aromatic heterocycles. The van der Waals surface area contributed by atoms with E-state index in [4.69, 9.17) is 16.2 Å². The summed E-state index contributed by atoms with van der Waals surface area (Å²) >= 11 is 0. The normalized spacial score (nSPS) is 11.7.